The molecule has 0 radical (unpaired) electrons. The fraction of sp³-hybridized carbons (Fsp3) is 0.391. The van der Waals surface area contributed by atoms with Crippen LogP contribution in [0.3, 0.4) is 0 Å². The number of aliphatic imine (C=N–C) groups is 1. The molecule has 1 aromatic carbocycles. The third-order valence-corrected chi connectivity index (χ3v) is 5.05. The first-order valence-corrected chi connectivity index (χ1v) is 10.2. The van der Waals surface area contributed by atoms with E-state index in [0.29, 0.717) is 19.2 Å². The summed E-state index contributed by atoms with van der Waals surface area (Å²) < 4.78 is 5.73. The topological polar surface area (TPSA) is 61.8 Å². The van der Waals surface area contributed by atoms with Crippen molar-refractivity contribution in [1.82, 2.24) is 15.6 Å². The highest BCUT2D eigenvalue weighted by Crippen LogP contribution is 2.19. The number of benzene rings is 1. The van der Waals surface area contributed by atoms with Crippen molar-refractivity contribution < 1.29 is 4.74 Å². The zero-order valence-electron chi connectivity index (χ0n) is 17.4. The average molecular weight is 394 g/mol. The van der Waals surface area contributed by atoms with Gasteiger partial charge in [-0.25, -0.2) is 4.98 Å². The molecule has 2 heterocycles. The van der Waals surface area contributed by atoms with Gasteiger partial charge in [0.15, 0.2) is 5.96 Å². The zero-order chi connectivity index (χ0) is 20.5. The molecule has 1 saturated heterocycles. The van der Waals surface area contributed by atoms with Crippen molar-refractivity contribution in [1.29, 1.82) is 0 Å². The van der Waals surface area contributed by atoms with Crippen molar-refractivity contribution in [2.45, 2.75) is 32.4 Å². The van der Waals surface area contributed by atoms with E-state index in [4.69, 9.17) is 4.74 Å². The van der Waals surface area contributed by atoms with Crippen LogP contribution in [0.2, 0.25) is 0 Å². The molecule has 1 aromatic heterocycles. The molecule has 1 fully saturated rings. The van der Waals surface area contributed by atoms with Crippen LogP contribution in [-0.2, 0) is 6.54 Å². The van der Waals surface area contributed by atoms with E-state index < -0.39 is 0 Å². The van der Waals surface area contributed by atoms with Gasteiger partial charge in [-0.3, -0.25) is 4.99 Å². The summed E-state index contributed by atoms with van der Waals surface area (Å²) in [4.78, 5) is 11.3. The van der Waals surface area contributed by atoms with Crippen LogP contribution in [0.4, 0.5) is 5.82 Å². The van der Waals surface area contributed by atoms with Gasteiger partial charge in [0.2, 0.25) is 0 Å². The molecule has 0 aliphatic carbocycles. The number of hydrogen-bond donors (Lipinski definition) is 2. The van der Waals surface area contributed by atoms with Gasteiger partial charge in [-0.1, -0.05) is 36.9 Å². The smallest absolute Gasteiger partial charge is 0.191 e. The zero-order valence-corrected chi connectivity index (χ0v) is 17.4. The van der Waals surface area contributed by atoms with E-state index in [1.807, 2.05) is 24.4 Å². The highest BCUT2D eigenvalue weighted by Gasteiger charge is 2.21. The summed E-state index contributed by atoms with van der Waals surface area (Å²) in [5.41, 5.74) is 2.29. The van der Waals surface area contributed by atoms with Gasteiger partial charge >= 0.3 is 0 Å². The van der Waals surface area contributed by atoms with Crippen molar-refractivity contribution in [3.05, 3.63) is 66.4 Å². The number of pyridine rings is 1. The van der Waals surface area contributed by atoms with Crippen molar-refractivity contribution in [3.8, 4) is 5.75 Å². The lowest BCUT2D eigenvalue weighted by Crippen LogP contribution is -2.48. The molecule has 6 heteroatoms. The van der Waals surface area contributed by atoms with E-state index in [-0.39, 0.29) is 0 Å². The normalized spacial score (nSPS) is 15.1. The molecule has 154 valence electrons. The van der Waals surface area contributed by atoms with E-state index in [1.54, 1.807) is 13.1 Å². The molecule has 0 spiro atoms. The summed E-state index contributed by atoms with van der Waals surface area (Å²) in [7, 11) is 1.81. The summed E-state index contributed by atoms with van der Waals surface area (Å²) >= 11 is 0. The molecule has 1 aliphatic rings. The van der Waals surface area contributed by atoms with Crippen LogP contribution >= 0.6 is 0 Å². The molecule has 0 saturated carbocycles. The van der Waals surface area contributed by atoms with E-state index in [9.17, 15) is 0 Å². The maximum atomic E-state index is 5.73. The summed E-state index contributed by atoms with van der Waals surface area (Å²) in [6.45, 7) is 8.90. The Morgan fingerprint density at radius 1 is 1.28 bits per heavy atom. The van der Waals surface area contributed by atoms with Gasteiger partial charge < -0.3 is 20.3 Å². The molecule has 0 amide bonds. The Kier molecular flexibility index (Phi) is 7.50. The minimum absolute atomic E-state index is 0.398. The Hall–Kier alpha value is -3.02. The molecular weight excluding hydrogens is 362 g/mol. The van der Waals surface area contributed by atoms with Crippen LogP contribution in [0, 0.1) is 6.92 Å². The van der Waals surface area contributed by atoms with E-state index >= 15 is 0 Å². The third kappa shape index (κ3) is 5.98. The molecule has 6 nitrogen and oxygen atoms in total. The molecule has 1 aliphatic heterocycles. The second-order valence-electron chi connectivity index (χ2n) is 7.23. The Morgan fingerprint density at radius 2 is 2.07 bits per heavy atom. The molecule has 0 unspecified atom stereocenters. The number of rotatable bonds is 7. The first kappa shape index (κ1) is 20.7. The Bertz CT molecular complexity index is 810. The van der Waals surface area contributed by atoms with E-state index in [1.165, 1.54) is 5.56 Å². The fourth-order valence-corrected chi connectivity index (χ4v) is 3.41. The highest BCUT2D eigenvalue weighted by molar-refractivity contribution is 5.80. The van der Waals surface area contributed by atoms with Crippen LogP contribution in [0.15, 0.2) is 60.2 Å². The van der Waals surface area contributed by atoms with Crippen LogP contribution in [0.1, 0.15) is 24.0 Å². The number of hydrogen-bond acceptors (Lipinski definition) is 4. The molecule has 2 N–H and O–H groups in total. The molecule has 0 atom stereocenters. The van der Waals surface area contributed by atoms with E-state index in [0.717, 1.165) is 49.0 Å². The van der Waals surface area contributed by atoms with Gasteiger partial charge in [0, 0.05) is 44.5 Å². The van der Waals surface area contributed by atoms with Gasteiger partial charge in [0.05, 0.1) is 0 Å². The van der Waals surface area contributed by atoms with Crippen molar-refractivity contribution in [2.75, 3.05) is 31.6 Å². The number of nitrogens with zero attached hydrogens (tertiary/aromatic N) is 3. The van der Waals surface area contributed by atoms with Crippen LogP contribution in [-0.4, -0.2) is 43.7 Å². The highest BCUT2D eigenvalue weighted by atomic mass is 16.5. The summed E-state index contributed by atoms with van der Waals surface area (Å²) in [5, 5.41) is 6.96. The van der Waals surface area contributed by atoms with Crippen molar-refractivity contribution in [2.24, 2.45) is 4.99 Å². The Balaban J connectivity index is 1.49. The molecule has 0 bridgehead atoms. The third-order valence-electron chi connectivity index (χ3n) is 5.05. The first-order valence-electron chi connectivity index (χ1n) is 10.2. The molecular formula is C23H31N5O. The quantitative estimate of drug-likeness (QED) is 0.429. The van der Waals surface area contributed by atoms with Crippen LogP contribution in [0.25, 0.3) is 0 Å². The maximum Gasteiger partial charge on any atom is 0.191 e. The lowest BCUT2D eigenvalue weighted by molar-refractivity contribution is 0.358. The summed E-state index contributed by atoms with van der Waals surface area (Å²) in [6.07, 6.45) is 5.79. The van der Waals surface area contributed by atoms with E-state index in [2.05, 4.69) is 57.2 Å². The summed E-state index contributed by atoms with van der Waals surface area (Å²) in [6, 6.07) is 12.7. The molecule has 29 heavy (non-hydrogen) atoms. The first-order chi connectivity index (χ1) is 14.2. The second-order valence-corrected chi connectivity index (χ2v) is 7.23. The molecule has 2 aromatic rings. The number of aromatic nitrogens is 1. The average Bonchev–Trinajstić information content (AvgIpc) is 2.77. The summed E-state index contributed by atoms with van der Waals surface area (Å²) in [5.74, 6) is 2.75. The number of nitrogens with one attached hydrogen (secondary N) is 2. The van der Waals surface area contributed by atoms with Gasteiger partial charge in [-0.2, -0.15) is 0 Å². The largest absolute Gasteiger partial charge is 0.489 e. The predicted molar refractivity (Wildman–Crippen MR) is 120 cm³/mol. The predicted octanol–water partition coefficient (Wildman–Crippen LogP) is 3.29. The number of para-hydroxylation sites is 1. The minimum Gasteiger partial charge on any atom is -0.489 e. The lowest BCUT2D eigenvalue weighted by atomic mass is 10.1. The number of anilines is 1. The Labute approximate surface area is 173 Å². The fourth-order valence-electron chi connectivity index (χ4n) is 3.41. The SMILES string of the molecule is C=CCOc1ccccc1CNC(=NC)NC1CCN(c2ccc(C)cn2)CC1. The number of piperidine rings is 1. The van der Waals surface area contributed by atoms with Crippen LogP contribution < -0.4 is 20.3 Å². The van der Waals surface area contributed by atoms with Crippen molar-refractivity contribution in [3.63, 3.8) is 0 Å². The maximum absolute atomic E-state index is 5.73. The molecule has 3 rings (SSSR count). The number of guanidine groups is 1. The standard InChI is InChI=1S/C23H31N5O/c1-4-15-29-21-8-6-5-7-19(21)17-26-23(24-3)27-20-11-13-28(14-12-20)22-10-9-18(2)16-25-22/h4-10,16,20H,1,11-15,17H2,2-3H3,(H2,24,26,27). The van der Waals surface area contributed by atoms with Gasteiger partial charge in [0.1, 0.15) is 18.2 Å². The van der Waals surface area contributed by atoms with Crippen molar-refractivity contribution >= 4 is 11.8 Å². The minimum atomic E-state index is 0.398. The monoisotopic (exact) mass is 393 g/mol. The number of aryl methyl sites for hydroxylation is 1. The van der Waals surface area contributed by atoms with Gasteiger partial charge in [-0.15, -0.1) is 0 Å². The second kappa shape index (κ2) is 10.5. The lowest BCUT2D eigenvalue weighted by Gasteiger charge is -2.33. The Morgan fingerprint density at radius 3 is 2.76 bits per heavy atom. The van der Waals surface area contributed by atoms with Gasteiger partial charge in [0.25, 0.3) is 0 Å². The number of ether oxygens (including phenoxy) is 1. The van der Waals surface area contributed by atoms with Crippen LogP contribution in [0.5, 0.6) is 5.75 Å². The van der Waals surface area contributed by atoms with Gasteiger partial charge in [-0.05, 0) is 37.5 Å².